The first-order valence-corrected chi connectivity index (χ1v) is 8.69. The van der Waals surface area contributed by atoms with Gasteiger partial charge in [0.25, 0.3) is 5.91 Å². The van der Waals surface area contributed by atoms with Crippen LogP contribution in [-0.4, -0.2) is 5.91 Å². The van der Waals surface area contributed by atoms with Crippen LogP contribution in [0.2, 0.25) is 5.02 Å². The Labute approximate surface area is 160 Å². The van der Waals surface area contributed by atoms with E-state index in [0.717, 1.165) is 0 Å². The van der Waals surface area contributed by atoms with Gasteiger partial charge in [-0.15, -0.1) is 0 Å². The van der Waals surface area contributed by atoms with E-state index in [9.17, 15) is 9.59 Å². The van der Waals surface area contributed by atoms with Gasteiger partial charge >= 0.3 is 0 Å². The number of anilines is 1. The van der Waals surface area contributed by atoms with Crippen LogP contribution in [0, 0.1) is 0 Å². The van der Waals surface area contributed by atoms with Crippen LogP contribution in [-0.2, 0) is 0 Å². The molecule has 132 valence electrons. The van der Waals surface area contributed by atoms with Crippen LogP contribution < -0.4 is 10.7 Å². The fourth-order valence-corrected chi connectivity index (χ4v) is 3.00. The third kappa shape index (κ3) is 3.35. The average Bonchev–Trinajstić information content (AvgIpc) is 2.70. The largest absolute Gasteiger partial charge is 0.439 e. The molecule has 0 fully saturated rings. The van der Waals surface area contributed by atoms with Crippen molar-refractivity contribution in [3.8, 4) is 11.1 Å². The second kappa shape index (κ2) is 7.09. The number of fused-ring (bicyclic) bond motifs is 1. The lowest BCUT2D eigenvalue weighted by Crippen LogP contribution is -2.16. The SMILES string of the molecule is O=C(Nc1oc2ccccc2c(=O)c1-c1ccc(Cl)cc1)c1ccccc1. The van der Waals surface area contributed by atoms with Crippen molar-refractivity contribution in [1.82, 2.24) is 0 Å². The molecule has 0 bridgehead atoms. The number of carbonyl (C=O) groups is 1. The van der Waals surface area contributed by atoms with Gasteiger partial charge in [0.1, 0.15) is 5.58 Å². The average molecular weight is 376 g/mol. The van der Waals surface area contributed by atoms with Gasteiger partial charge in [-0.2, -0.15) is 0 Å². The number of hydrogen-bond donors (Lipinski definition) is 1. The van der Waals surface area contributed by atoms with Gasteiger partial charge in [0, 0.05) is 10.6 Å². The minimum absolute atomic E-state index is 0.106. The molecule has 4 aromatic rings. The predicted molar refractivity (Wildman–Crippen MR) is 107 cm³/mol. The van der Waals surface area contributed by atoms with Crippen molar-refractivity contribution in [2.75, 3.05) is 5.32 Å². The molecule has 0 atom stereocenters. The Morgan fingerprint density at radius 1 is 0.852 bits per heavy atom. The molecule has 4 nitrogen and oxygen atoms in total. The van der Waals surface area contributed by atoms with Crippen LogP contribution in [0.1, 0.15) is 10.4 Å². The number of carbonyl (C=O) groups excluding carboxylic acids is 1. The molecule has 3 aromatic carbocycles. The summed E-state index contributed by atoms with van der Waals surface area (Å²) in [6, 6.07) is 22.5. The van der Waals surface area contributed by atoms with Crippen LogP contribution in [0.4, 0.5) is 5.88 Å². The second-order valence-electron chi connectivity index (χ2n) is 5.96. The Hall–Kier alpha value is -3.37. The second-order valence-corrected chi connectivity index (χ2v) is 6.39. The van der Waals surface area contributed by atoms with Crippen molar-refractivity contribution in [2.24, 2.45) is 0 Å². The minimum atomic E-state index is -0.357. The monoisotopic (exact) mass is 375 g/mol. The maximum absolute atomic E-state index is 13.1. The zero-order valence-electron chi connectivity index (χ0n) is 14.1. The number of hydrogen-bond acceptors (Lipinski definition) is 3. The number of amides is 1. The van der Waals surface area contributed by atoms with Crippen molar-refractivity contribution in [3.63, 3.8) is 0 Å². The molecule has 0 saturated heterocycles. The summed E-state index contributed by atoms with van der Waals surface area (Å²) in [5.74, 6) is -0.251. The smallest absolute Gasteiger partial charge is 0.257 e. The summed E-state index contributed by atoms with van der Waals surface area (Å²) in [6.07, 6.45) is 0. The number of nitrogens with one attached hydrogen (secondary N) is 1. The first-order valence-electron chi connectivity index (χ1n) is 8.31. The lowest BCUT2D eigenvalue weighted by Gasteiger charge is -2.11. The molecule has 1 N–H and O–H groups in total. The van der Waals surface area contributed by atoms with Gasteiger partial charge in [-0.05, 0) is 42.0 Å². The van der Waals surface area contributed by atoms with Gasteiger partial charge in [0.2, 0.25) is 11.3 Å². The molecule has 0 saturated carbocycles. The topological polar surface area (TPSA) is 59.3 Å². The molecule has 1 amide bonds. The van der Waals surface area contributed by atoms with E-state index in [1.807, 2.05) is 6.07 Å². The highest BCUT2D eigenvalue weighted by molar-refractivity contribution is 6.30. The fourth-order valence-electron chi connectivity index (χ4n) is 2.87. The van der Waals surface area contributed by atoms with Crippen molar-refractivity contribution >= 4 is 34.4 Å². The van der Waals surface area contributed by atoms with E-state index in [-0.39, 0.29) is 22.8 Å². The minimum Gasteiger partial charge on any atom is -0.439 e. The summed E-state index contributed by atoms with van der Waals surface area (Å²) in [6.45, 7) is 0. The number of rotatable bonds is 3. The summed E-state index contributed by atoms with van der Waals surface area (Å²) in [5.41, 5.74) is 1.55. The Bertz CT molecular complexity index is 1180. The van der Waals surface area contributed by atoms with Crippen molar-refractivity contribution < 1.29 is 9.21 Å². The summed E-state index contributed by atoms with van der Waals surface area (Å²) >= 11 is 5.97. The van der Waals surface area contributed by atoms with E-state index in [1.54, 1.807) is 72.8 Å². The molecule has 0 spiro atoms. The van der Waals surface area contributed by atoms with E-state index in [2.05, 4.69) is 5.32 Å². The highest BCUT2D eigenvalue weighted by Crippen LogP contribution is 2.29. The fraction of sp³-hybridized carbons (Fsp3) is 0. The van der Waals surface area contributed by atoms with E-state index in [0.29, 0.717) is 27.1 Å². The van der Waals surface area contributed by atoms with Gasteiger partial charge in [-0.25, -0.2) is 0 Å². The molecular formula is C22H14ClNO3. The normalized spacial score (nSPS) is 10.7. The van der Waals surface area contributed by atoms with E-state index < -0.39 is 0 Å². The van der Waals surface area contributed by atoms with Gasteiger partial charge in [-0.3, -0.25) is 14.9 Å². The molecule has 0 aliphatic carbocycles. The third-order valence-electron chi connectivity index (χ3n) is 4.19. The van der Waals surface area contributed by atoms with Crippen LogP contribution in [0.15, 0.2) is 88.1 Å². The summed E-state index contributed by atoms with van der Waals surface area (Å²) < 4.78 is 5.89. The molecule has 4 rings (SSSR count). The quantitative estimate of drug-likeness (QED) is 0.524. The molecular weight excluding hydrogens is 362 g/mol. The Balaban J connectivity index is 1.90. The predicted octanol–water partition coefficient (Wildman–Crippen LogP) is 5.37. The first-order chi connectivity index (χ1) is 13.1. The van der Waals surface area contributed by atoms with Gasteiger partial charge in [0.15, 0.2) is 0 Å². The summed E-state index contributed by atoms with van der Waals surface area (Å²) in [7, 11) is 0. The number of halogens is 1. The Kier molecular flexibility index (Phi) is 4.48. The Morgan fingerprint density at radius 3 is 2.26 bits per heavy atom. The highest BCUT2D eigenvalue weighted by atomic mass is 35.5. The highest BCUT2D eigenvalue weighted by Gasteiger charge is 2.18. The summed E-state index contributed by atoms with van der Waals surface area (Å²) in [5, 5.41) is 3.73. The molecule has 1 heterocycles. The molecule has 5 heteroatoms. The van der Waals surface area contributed by atoms with Crippen molar-refractivity contribution in [1.29, 1.82) is 0 Å². The van der Waals surface area contributed by atoms with Crippen LogP contribution in [0.25, 0.3) is 22.1 Å². The van der Waals surface area contributed by atoms with E-state index in [4.69, 9.17) is 16.0 Å². The number of para-hydroxylation sites is 1. The number of benzene rings is 3. The Morgan fingerprint density at radius 2 is 1.52 bits per heavy atom. The van der Waals surface area contributed by atoms with E-state index >= 15 is 0 Å². The van der Waals surface area contributed by atoms with E-state index in [1.165, 1.54) is 0 Å². The zero-order valence-corrected chi connectivity index (χ0v) is 14.9. The van der Waals surface area contributed by atoms with Gasteiger partial charge in [-0.1, -0.05) is 54.1 Å². The standard InChI is InChI=1S/C22H14ClNO3/c23-16-12-10-14(11-13-16)19-20(25)17-8-4-5-9-18(17)27-22(19)24-21(26)15-6-2-1-3-7-15/h1-13H,(H,24,26). The molecule has 1 aromatic heterocycles. The molecule has 0 aliphatic rings. The first kappa shape index (κ1) is 17.1. The zero-order chi connectivity index (χ0) is 18.8. The summed E-state index contributed by atoms with van der Waals surface area (Å²) in [4.78, 5) is 25.7. The van der Waals surface area contributed by atoms with Crippen molar-refractivity contribution in [2.45, 2.75) is 0 Å². The van der Waals surface area contributed by atoms with Crippen LogP contribution in [0.5, 0.6) is 0 Å². The molecule has 0 unspecified atom stereocenters. The lowest BCUT2D eigenvalue weighted by molar-refractivity contribution is 0.102. The lowest BCUT2D eigenvalue weighted by atomic mass is 10.0. The van der Waals surface area contributed by atoms with Crippen LogP contribution >= 0.6 is 11.6 Å². The van der Waals surface area contributed by atoms with Crippen LogP contribution in [0.3, 0.4) is 0 Å². The van der Waals surface area contributed by atoms with Gasteiger partial charge in [0.05, 0.1) is 10.9 Å². The maximum atomic E-state index is 13.1. The maximum Gasteiger partial charge on any atom is 0.257 e. The molecule has 27 heavy (non-hydrogen) atoms. The molecule has 0 aliphatic heterocycles. The molecule has 0 radical (unpaired) electrons. The van der Waals surface area contributed by atoms with Crippen molar-refractivity contribution in [3.05, 3.63) is 99.7 Å². The van der Waals surface area contributed by atoms with Gasteiger partial charge < -0.3 is 4.42 Å². The third-order valence-corrected chi connectivity index (χ3v) is 4.45.